The molecule has 0 aliphatic carbocycles. The molecule has 64 valence electrons. The highest BCUT2D eigenvalue weighted by atomic mass is 16.5. The first-order valence-corrected chi connectivity index (χ1v) is 3.64. The van der Waals surface area contributed by atoms with Gasteiger partial charge in [-0.25, -0.2) is 4.99 Å². The van der Waals surface area contributed by atoms with E-state index in [1.165, 1.54) is 12.7 Å². The fourth-order valence-electron chi connectivity index (χ4n) is 0.618. The van der Waals surface area contributed by atoms with E-state index >= 15 is 0 Å². The zero-order valence-corrected chi connectivity index (χ0v) is 7.03. The second kappa shape index (κ2) is 7.21. The summed E-state index contributed by atoms with van der Waals surface area (Å²) in [4.78, 5) is 7.56. The second-order valence-electron chi connectivity index (χ2n) is 2.04. The van der Waals surface area contributed by atoms with Crippen LogP contribution in [0.5, 0.6) is 0 Å². The van der Waals surface area contributed by atoms with E-state index in [0.29, 0.717) is 6.54 Å². The predicted octanol–water partition coefficient (Wildman–Crippen LogP) is 0.427. The van der Waals surface area contributed by atoms with Gasteiger partial charge in [-0.3, -0.25) is 4.99 Å². The normalized spacial score (nSPS) is 14.7. The van der Waals surface area contributed by atoms with Gasteiger partial charge in [0.15, 0.2) is 0 Å². The van der Waals surface area contributed by atoms with Crippen LogP contribution in [-0.4, -0.2) is 31.9 Å². The Bertz CT molecular complexity index is 134. The van der Waals surface area contributed by atoms with Gasteiger partial charge in [-0.1, -0.05) is 0 Å². The molecule has 4 heteroatoms. The Morgan fingerprint density at radius 2 is 2.36 bits per heavy atom. The summed E-state index contributed by atoms with van der Waals surface area (Å²) in [6.45, 7) is 5.27. The van der Waals surface area contributed by atoms with E-state index in [2.05, 4.69) is 9.98 Å². The molecule has 0 rings (SSSR count). The van der Waals surface area contributed by atoms with Gasteiger partial charge >= 0.3 is 0 Å². The Hall–Kier alpha value is -0.900. The molecule has 0 aromatic rings. The Balaban J connectivity index is 3.36. The first-order chi connectivity index (χ1) is 5.31. The minimum Gasteiger partial charge on any atom is -0.390 e. The lowest BCUT2D eigenvalue weighted by Gasteiger charge is -2.06. The number of rotatable bonds is 5. The SMILES string of the molecule is CCOC(C)C/N=C\N=C/N. The fourth-order valence-corrected chi connectivity index (χ4v) is 0.618. The summed E-state index contributed by atoms with van der Waals surface area (Å²) in [5.74, 6) is 0. The Kier molecular flexibility index (Phi) is 6.62. The predicted molar refractivity (Wildman–Crippen MR) is 47.1 cm³/mol. The molecule has 0 bridgehead atoms. The van der Waals surface area contributed by atoms with Crippen LogP contribution in [0.15, 0.2) is 9.98 Å². The molecule has 0 radical (unpaired) electrons. The number of nitrogens with zero attached hydrogens (tertiary/aromatic N) is 2. The van der Waals surface area contributed by atoms with Crippen molar-refractivity contribution >= 4 is 12.7 Å². The molecule has 1 atom stereocenters. The molecule has 0 saturated carbocycles. The quantitative estimate of drug-likeness (QED) is 0.464. The summed E-state index contributed by atoms with van der Waals surface area (Å²) in [6, 6.07) is 0. The van der Waals surface area contributed by atoms with Crippen molar-refractivity contribution in [1.82, 2.24) is 0 Å². The van der Waals surface area contributed by atoms with Crippen molar-refractivity contribution in [3.63, 3.8) is 0 Å². The van der Waals surface area contributed by atoms with E-state index < -0.39 is 0 Å². The first kappa shape index (κ1) is 10.1. The van der Waals surface area contributed by atoms with Gasteiger partial charge in [0.05, 0.1) is 19.0 Å². The van der Waals surface area contributed by atoms with E-state index in [1.807, 2.05) is 13.8 Å². The first-order valence-electron chi connectivity index (χ1n) is 3.64. The molecule has 0 spiro atoms. The number of hydrogen-bond acceptors (Lipinski definition) is 2. The van der Waals surface area contributed by atoms with Crippen LogP contribution >= 0.6 is 0 Å². The summed E-state index contributed by atoms with van der Waals surface area (Å²) in [6.07, 6.45) is 2.79. The van der Waals surface area contributed by atoms with Crippen LogP contribution in [0.1, 0.15) is 13.8 Å². The number of aliphatic imine (C=N–C) groups is 2. The number of nitrogens with two attached hydrogens (primary N) is 1. The summed E-state index contributed by atoms with van der Waals surface area (Å²) >= 11 is 0. The Morgan fingerprint density at radius 1 is 1.64 bits per heavy atom. The zero-order chi connectivity index (χ0) is 8.53. The van der Waals surface area contributed by atoms with Gasteiger partial charge in [0.2, 0.25) is 0 Å². The monoisotopic (exact) mass is 157 g/mol. The summed E-state index contributed by atoms with van der Waals surface area (Å²) < 4.78 is 5.23. The molecule has 0 amide bonds. The van der Waals surface area contributed by atoms with Crippen LogP contribution in [0.25, 0.3) is 0 Å². The highest BCUT2D eigenvalue weighted by molar-refractivity contribution is 5.69. The molecule has 0 aliphatic rings. The lowest BCUT2D eigenvalue weighted by Crippen LogP contribution is -2.11. The Labute approximate surface area is 67.2 Å². The standard InChI is InChI=1S/C7H15N3O/c1-3-11-7(2)4-9-6-10-5-8/h5-7H,3-4H2,1-2H3,(H2,8,9,10). The van der Waals surface area contributed by atoms with Gasteiger partial charge < -0.3 is 10.5 Å². The smallest absolute Gasteiger partial charge is 0.111 e. The average molecular weight is 157 g/mol. The van der Waals surface area contributed by atoms with Gasteiger partial charge in [-0.2, -0.15) is 0 Å². The largest absolute Gasteiger partial charge is 0.390 e. The van der Waals surface area contributed by atoms with Crippen LogP contribution in [0.2, 0.25) is 0 Å². The van der Waals surface area contributed by atoms with E-state index in [-0.39, 0.29) is 6.10 Å². The van der Waals surface area contributed by atoms with Crippen molar-refractivity contribution in [3.05, 3.63) is 0 Å². The molecule has 0 saturated heterocycles. The molecular formula is C7H15N3O. The molecule has 0 aromatic carbocycles. The van der Waals surface area contributed by atoms with E-state index in [9.17, 15) is 0 Å². The number of hydrogen-bond donors (Lipinski definition) is 1. The number of ether oxygens (including phenoxy) is 1. The van der Waals surface area contributed by atoms with Gasteiger partial charge in [0.1, 0.15) is 6.34 Å². The van der Waals surface area contributed by atoms with Gasteiger partial charge in [0, 0.05) is 6.61 Å². The summed E-state index contributed by atoms with van der Waals surface area (Å²) in [7, 11) is 0. The minimum atomic E-state index is 0.157. The molecule has 0 aromatic heterocycles. The van der Waals surface area contributed by atoms with Crippen LogP contribution in [-0.2, 0) is 4.74 Å². The molecule has 0 fully saturated rings. The van der Waals surface area contributed by atoms with E-state index in [4.69, 9.17) is 10.5 Å². The van der Waals surface area contributed by atoms with Gasteiger partial charge in [-0.05, 0) is 13.8 Å². The highest BCUT2D eigenvalue weighted by Crippen LogP contribution is 1.89. The summed E-state index contributed by atoms with van der Waals surface area (Å²) in [5.41, 5.74) is 4.99. The molecule has 0 aliphatic heterocycles. The van der Waals surface area contributed by atoms with Crippen molar-refractivity contribution in [2.75, 3.05) is 13.2 Å². The topological polar surface area (TPSA) is 60.0 Å². The van der Waals surface area contributed by atoms with Crippen LogP contribution in [0, 0.1) is 0 Å². The van der Waals surface area contributed by atoms with Crippen molar-refractivity contribution in [3.8, 4) is 0 Å². The summed E-state index contributed by atoms with van der Waals surface area (Å²) in [5, 5.41) is 0. The maximum Gasteiger partial charge on any atom is 0.111 e. The van der Waals surface area contributed by atoms with Crippen LogP contribution in [0.4, 0.5) is 0 Å². The second-order valence-corrected chi connectivity index (χ2v) is 2.04. The van der Waals surface area contributed by atoms with Gasteiger partial charge in [-0.15, -0.1) is 0 Å². The molecule has 2 N–H and O–H groups in total. The van der Waals surface area contributed by atoms with Crippen molar-refractivity contribution in [2.45, 2.75) is 20.0 Å². The molecule has 0 heterocycles. The molecular weight excluding hydrogens is 142 g/mol. The Morgan fingerprint density at radius 3 is 2.91 bits per heavy atom. The van der Waals surface area contributed by atoms with Crippen LogP contribution in [0.3, 0.4) is 0 Å². The van der Waals surface area contributed by atoms with Gasteiger partial charge in [0.25, 0.3) is 0 Å². The maximum absolute atomic E-state index is 5.23. The zero-order valence-electron chi connectivity index (χ0n) is 7.03. The third-order valence-electron chi connectivity index (χ3n) is 1.05. The fraction of sp³-hybridized carbons (Fsp3) is 0.714. The lowest BCUT2D eigenvalue weighted by atomic mass is 10.4. The molecule has 4 nitrogen and oxygen atoms in total. The molecule has 1 unspecified atom stereocenters. The lowest BCUT2D eigenvalue weighted by molar-refractivity contribution is 0.0830. The highest BCUT2D eigenvalue weighted by Gasteiger charge is 1.95. The van der Waals surface area contributed by atoms with Crippen LogP contribution < -0.4 is 5.73 Å². The maximum atomic E-state index is 5.23. The third-order valence-corrected chi connectivity index (χ3v) is 1.05. The molecule has 11 heavy (non-hydrogen) atoms. The minimum absolute atomic E-state index is 0.157. The van der Waals surface area contributed by atoms with Crippen molar-refractivity contribution in [1.29, 1.82) is 0 Å². The average Bonchev–Trinajstić information content (AvgIpc) is 1.99. The van der Waals surface area contributed by atoms with Crippen molar-refractivity contribution in [2.24, 2.45) is 15.7 Å². The van der Waals surface area contributed by atoms with E-state index in [0.717, 1.165) is 6.61 Å². The van der Waals surface area contributed by atoms with Crippen molar-refractivity contribution < 1.29 is 4.74 Å². The third kappa shape index (κ3) is 6.99. The van der Waals surface area contributed by atoms with E-state index in [1.54, 1.807) is 0 Å².